The normalized spacial score (nSPS) is 11.3. The molecule has 0 aromatic carbocycles. The van der Waals surface area contributed by atoms with Crippen LogP contribution < -0.4 is 5.32 Å². The van der Waals surface area contributed by atoms with Crippen LogP contribution >= 0.6 is 11.3 Å². The van der Waals surface area contributed by atoms with Gasteiger partial charge in [-0.25, -0.2) is 9.97 Å². The predicted molar refractivity (Wildman–Crippen MR) is 73.8 cm³/mol. The second kappa shape index (κ2) is 6.11. The fourth-order valence-corrected chi connectivity index (χ4v) is 2.45. The van der Waals surface area contributed by atoms with Crippen molar-refractivity contribution in [2.45, 2.75) is 39.7 Å². The molecule has 0 amide bonds. The van der Waals surface area contributed by atoms with E-state index in [1.807, 2.05) is 12.4 Å². The molecule has 98 valence electrons. The van der Waals surface area contributed by atoms with Gasteiger partial charge in [0, 0.05) is 12.5 Å². The van der Waals surface area contributed by atoms with Crippen LogP contribution in [0.5, 0.6) is 0 Å². The topological polar surface area (TPSA) is 51.0 Å². The van der Waals surface area contributed by atoms with E-state index >= 15 is 0 Å². The number of nitrogens with one attached hydrogen (secondary N) is 1. The van der Waals surface area contributed by atoms with Gasteiger partial charge in [-0.3, -0.25) is 0 Å². The van der Waals surface area contributed by atoms with Crippen LogP contribution in [0.3, 0.4) is 0 Å². The number of thiazole rings is 1. The van der Waals surface area contributed by atoms with E-state index in [2.05, 4.69) is 29.1 Å². The Bertz CT molecular complexity index is 490. The first-order valence-electron chi connectivity index (χ1n) is 6.25. The second-order valence-corrected chi connectivity index (χ2v) is 5.45. The van der Waals surface area contributed by atoms with Crippen LogP contribution in [-0.4, -0.2) is 22.6 Å². The van der Waals surface area contributed by atoms with Crippen molar-refractivity contribution in [2.75, 3.05) is 6.54 Å². The van der Waals surface area contributed by atoms with Gasteiger partial charge in [0.05, 0.1) is 22.3 Å². The van der Waals surface area contributed by atoms with Gasteiger partial charge < -0.3 is 9.73 Å². The zero-order chi connectivity index (χ0) is 13.0. The first kappa shape index (κ1) is 13.2. The Morgan fingerprint density at radius 1 is 1.39 bits per heavy atom. The maximum Gasteiger partial charge on any atom is 0.194 e. The van der Waals surface area contributed by atoms with Crippen molar-refractivity contribution in [3.8, 4) is 10.6 Å². The number of rotatable bonds is 6. The number of hydrogen-bond acceptors (Lipinski definition) is 5. The number of aromatic nitrogens is 2. The molecule has 0 aliphatic heterocycles. The molecule has 0 bridgehead atoms. The lowest BCUT2D eigenvalue weighted by atomic mass is 10.3. The summed E-state index contributed by atoms with van der Waals surface area (Å²) < 4.78 is 5.75. The lowest BCUT2D eigenvalue weighted by Gasteiger charge is -2.05. The zero-order valence-corrected chi connectivity index (χ0v) is 11.9. The Morgan fingerprint density at radius 3 is 2.89 bits per heavy atom. The lowest BCUT2D eigenvalue weighted by Crippen LogP contribution is -2.23. The molecule has 2 aromatic rings. The van der Waals surface area contributed by atoms with E-state index in [1.54, 1.807) is 17.5 Å². The van der Waals surface area contributed by atoms with Crippen molar-refractivity contribution in [1.82, 2.24) is 15.3 Å². The highest BCUT2D eigenvalue weighted by Gasteiger charge is 2.10. The lowest BCUT2D eigenvalue weighted by molar-refractivity contribution is 0.485. The maximum absolute atomic E-state index is 5.75. The van der Waals surface area contributed by atoms with Crippen LogP contribution in [-0.2, 0) is 6.42 Å². The average Bonchev–Trinajstić information content (AvgIpc) is 2.92. The first-order valence-corrected chi connectivity index (χ1v) is 7.13. The molecule has 0 atom stereocenters. The molecule has 0 saturated heterocycles. The second-order valence-electron chi connectivity index (χ2n) is 4.60. The van der Waals surface area contributed by atoms with Gasteiger partial charge in [0.25, 0.3) is 0 Å². The number of hydrogen-bond donors (Lipinski definition) is 1. The summed E-state index contributed by atoms with van der Waals surface area (Å²) in [6, 6.07) is 0.532. The molecule has 0 saturated carbocycles. The highest BCUT2D eigenvalue weighted by atomic mass is 32.1. The van der Waals surface area contributed by atoms with Crippen LogP contribution in [0.1, 0.15) is 31.9 Å². The summed E-state index contributed by atoms with van der Waals surface area (Å²) in [6.45, 7) is 7.28. The molecule has 18 heavy (non-hydrogen) atoms. The van der Waals surface area contributed by atoms with Crippen LogP contribution in [0.2, 0.25) is 0 Å². The Labute approximate surface area is 111 Å². The standard InChI is InChI=1S/C13H19N3OS/c1-9(2)14-6-4-5-12-15-7-11(17-12)13-10(3)16-8-18-13/h7-9,14H,4-6H2,1-3H3. The quantitative estimate of drug-likeness (QED) is 0.816. The predicted octanol–water partition coefficient (Wildman–Crippen LogP) is 3.04. The third-order valence-corrected chi connectivity index (χ3v) is 3.59. The molecule has 0 radical (unpaired) electrons. The van der Waals surface area contributed by atoms with Gasteiger partial charge in [-0.05, 0) is 19.9 Å². The van der Waals surface area contributed by atoms with Gasteiger partial charge in [0.1, 0.15) is 0 Å². The van der Waals surface area contributed by atoms with E-state index in [1.165, 1.54) is 0 Å². The minimum Gasteiger partial charge on any atom is -0.440 e. The minimum atomic E-state index is 0.532. The Balaban J connectivity index is 1.89. The fraction of sp³-hybridized carbons (Fsp3) is 0.538. The van der Waals surface area contributed by atoms with Gasteiger partial charge >= 0.3 is 0 Å². The van der Waals surface area contributed by atoms with E-state index in [9.17, 15) is 0 Å². The number of aryl methyl sites for hydroxylation is 2. The molecule has 1 N–H and O–H groups in total. The third kappa shape index (κ3) is 3.40. The first-order chi connectivity index (χ1) is 8.66. The van der Waals surface area contributed by atoms with Crippen LogP contribution in [0.4, 0.5) is 0 Å². The maximum atomic E-state index is 5.75. The van der Waals surface area contributed by atoms with Crippen molar-refractivity contribution in [3.05, 3.63) is 23.3 Å². The van der Waals surface area contributed by atoms with E-state index in [4.69, 9.17) is 4.42 Å². The van der Waals surface area contributed by atoms with Crippen molar-refractivity contribution in [3.63, 3.8) is 0 Å². The van der Waals surface area contributed by atoms with Gasteiger partial charge in [-0.15, -0.1) is 11.3 Å². The zero-order valence-electron chi connectivity index (χ0n) is 11.1. The number of nitrogens with zero attached hydrogens (tertiary/aromatic N) is 2. The SMILES string of the molecule is Cc1ncsc1-c1cnc(CCCNC(C)C)o1. The van der Waals surface area contributed by atoms with Gasteiger partial charge in [0.15, 0.2) is 11.7 Å². The summed E-state index contributed by atoms with van der Waals surface area (Å²) in [4.78, 5) is 9.61. The molecule has 0 aliphatic rings. The van der Waals surface area contributed by atoms with Crippen molar-refractivity contribution in [2.24, 2.45) is 0 Å². The van der Waals surface area contributed by atoms with E-state index in [-0.39, 0.29) is 0 Å². The summed E-state index contributed by atoms with van der Waals surface area (Å²) in [5.41, 5.74) is 2.84. The third-order valence-electron chi connectivity index (χ3n) is 2.64. The van der Waals surface area contributed by atoms with Gasteiger partial charge in [-0.1, -0.05) is 13.8 Å². The molecule has 2 rings (SSSR count). The van der Waals surface area contributed by atoms with Gasteiger partial charge in [0.2, 0.25) is 0 Å². The van der Waals surface area contributed by atoms with Crippen LogP contribution in [0, 0.1) is 6.92 Å². The van der Waals surface area contributed by atoms with Crippen LogP contribution in [0.15, 0.2) is 16.1 Å². The monoisotopic (exact) mass is 265 g/mol. The molecular formula is C13H19N3OS. The number of oxazole rings is 1. The molecule has 4 nitrogen and oxygen atoms in total. The van der Waals surface area contributed by atoms with E-state index in [0.29, 0.717) is 6.04 Å². The van der Waals surface area contributed by atoms with E-state index in [0.717, 1.165) is 41.6 Å². The highest BCUT2D eigenvalue weighted by molar-refractivity contribution is 7.13. The summed E-state index contributed by atoms with van der Waals surface area (Å²) >= 11 is 1.59. The van der Waals surface area contributed by atoms with Crippen molar-refractivity contribution < 1.29 is 4.42 Å². The minimum absolute atomic E-state index is 0.532. The Kier molecular flexibility index (Phi) is 4.49. The molecule has 2 heterocycles. The Morgan fingerprint density at radius 2 is 2.22 bits per heavy atom. The molecule has 0 aliphatic carbocycles. The van der Waals surface area contributed by atoms with Crippen molar-refractivity contribution >= 4 is 11.3 Å². The average molecular weight is 265 g/mol. The summed E-state index contributed by atoms with van der Waals surface area (Å²) in [7, 11) is 0. The summed E-state index contributed by atoms with van der Waals surface area (Å²) in [6.07, 6.45) is 3.71. The highest BCUT2D eigenvalue weighted by Crippen LogP contribution is 2.27. The molecule has 0 spiro atoms. The smallest absolute Gasteiger partial charge is 0.194 e. The molecule has 5 heteroatoms. The molecule has 0 unspecified atom stereocenters. The molecular weight excluding hydrogens is 246 g/mol. The summed E-state index contributed by atoms with van der Waals surface area (Å²) in [5, 5.41) is 3.38. The largest absolute Gasteiger partial charge is 0.440 e. The molecule has 0 fully saturated rings. The summed E-state index contributed by atoms with van der Waals surface area (Å²) in [5.74, 6) is 1.64. The molecule has 2 aromatic heterocycles. The fourth-order valence-electron chi connectivity index (χ4n) is 1.70. The van der Waals surface area contributed by atoms with Crippen molar-refractivity contribution in [1.29, 1.82) is 0 Å². The van der Waals surface area contributed by atoms with Gasteiger partial charge in [-0.2, -0.15) is 0 Å². The Hall–Kier alpha value is -1.20. The van der Waals surface area contributed by atoms with E-state index < -0.39 is 0 Å². The van der Waals surface area contributed by atoms with Crippen LogP contribution in [0.25, 0.3) is 10.6 Å².